The molecule has 40 heavy (non-hydrogen) atoms. The number of anilines is 1. The highest BCUT2D eigenvalue weighted by Gasteiger charge is 2.33. The van der Waals surface area contributed by atoms with Crippen molar-refractivity contribution in [1.82, 2.24) is 4.57 Å². The Balaban J connectivity index is 1.58. The van der Waals surface area contributed by atoms with E-state index in [2.05, 4.69) is 10.3 Å². The maximum absolute atomic E-state index is 13.8. The van der Waals surface area contributed by atoms with Crippen LogP contribution in [0.5, 0.6) is 11.5 Å². The number of ether oxygens (including phenoxy) is 2. The number of primary amides is 1. The van der Waals surface area contributed by atoms with Gasteiger partial charge in [-0.15, -0.1) is 11.3 Å². The van der Waals surface area contributed by atoms with Gasteiger partial charge in [0.25, 0.3) is 17.4 Å². The number of thiophene rings is 1. The lowest BCUT2D eigenvalue weighted by molar-refractivity contribution is -0.120. The molecule has 3 heterocycles. The van der Waals surface area contributed by atoms with Crippen molar-refractivity contribution in [2.75, 3.05) is 19.0 Å². The number of aromatic nitrogens is 1. The van der Waals surface area contributed by atoms with Crippen molar-refractivity contribution >= 4 is 46.3 Å². The number of thiazole rings is 1. The Morgan fingerprint density at radius 2 is 1.93 bits per heavy atom. The minimum absolute atomic E-state index is 0.260. The predicted octanol–water partition coefficient (Wildman–Crippen LogP) is 3.12. The van der Waals surface area contributed by atoms with Gasteiger partial charge in [0.05, 0.1) is 22.9 Å². The van der Waals surface area contributed by atoms with Crippen LogP contribution in [0.3, 0.4) is 0 Å². The van der Waals surface area contributed by atoms with Crippen molar-refractivity contribution in [3.05, 3.63) is 107 Å². The molecule has 11 heteroatoms. The summed E-state index contributed by atoms with van der Waals surface area (Å²) in [5, 5.41) is 4.93. The van der Waals surface area contributed by atoms with Crippen LogP contribution in [0.25, 0.3) is 6.08 Å². The van der Waals surface area contributed by atoms with Gasteiger partial charge in [-0.3, -0.25) is 19.0 Å². The second-order valence-electron chi connectivity index (χ2n) is 9.03. The van der Waals surface area contributed by atoms with Gasteiger partial charge in [-0.25, -0.2) is 4.99 Å². The van der Waals surface area contributed by atoms with Gasteiger partial charge in [0, 0.05) is 10.6 Å². The number of nitrogens with one attached hydrogen (secondary N) is 1. The van der Waals surface area contributed by atoms with Gasteiger partial charge in [-0.05, 0) is 60.7 Å². The molecule has 1 atom stereocenters. The maximum atomic E-state index is 13.8. The van der Waals surface area contributed by atoms with E-state index in [-0.39, 0.29) is 18.1 Å². The first-order valence-corrected chi connectivity index (χ1v) is 14.0. The first kappa shape index (κ1) is 27.1. The fourth-order valence-electron chi connectivity index (χ4n) is 4.42. The van der Waals surface area contributed by atoms with Crippen LogP contribution in [0.4, 0.5) is 5.69 Å². The summed E-state index contributed by atoms with van der Waals surface area (Å²) >= 11 is 2.72. The number of benzene rings is 2. The number of allylic oxidation sites excluding steroid dienone is 1. The monoisotopic (exact) mass is 574 g/mol. The average Bonchev–Trinajstić information content (AvgIpc) is 3.56. The smallest absolute Gasteiger partial charge is 0.271 e. The number of para-hydroxylation sites is 1. The summed E-state index contributed by atoms with van der Waals surface area (Å²) in [6, 6.07) is 15.8. The van der Waals surface area contributed by atoms with Crippen molar-refractivity contribution < 1.29 is 19.1 Å². The van der Waals surface area contributed by atoms with Crippen LogP contribution in [-0.2, 0) is 9.59 Å². The predicted molar refractivity (Wildman–Crippen MR) is 156 cm³/mol. The van der Waals surface area contributed by atoms with E-state index in [1.807, 2.05) is 48.7 Å². The van der Waals surface area contributed by atoms with Gasteiger partial charge in [0.1, 0.15) is 6.04 Å². The normalized spacial score (nSPS) is 14.9. The quantitative estimate of drug-likeness (QED) is 0.335. The van der Waals surface area contributed by atoms with Crippen LogP contribution in [0.1, 0.15) is 29.0 Å². The van der Waals surface area contributed by atoms with Crippen molar-refractivity contribution in [1.29, 1.82) is 0 Å². The second-order valence-corrected chi connectivity index (χ2v) is 11.0. The highest BCUT2D eigenvalue weighted by Crippen LogP contribution is 2.33. The van der Waals surface area contributed by atoms with E-state index in [4.69, 9.17) is 15.2 Å². The zero-order valence-electron chi connectivity index (χ0n) is 22.0. The molecule has 9 nitrogen and oxygen atoms in total. The van der Waals surface area contributed by atoms with E-state index in [0.29, 0.717) is 43.4 Å². The molecule has 2 amide bonds. The molecule has 0 spiro atoms. The Hall–Kier alpha value is -4.48. The molecule has 0 saturated heterocycles. The summed E-state index contributed by atoms with van der Waals surface area (Å²) in [5.74, 6) is -0.155. The average molecular weight is 575 g/mol. The van der Waals surface area contributed by atoms with E-state index in [1.54, 1.807) is 35.8 Å². The van der Waals surface area contributed by atoms with Crippen LogP contribution in [0.15, 0.2) is 81.0 Å². The number of hydrogen-bond donors (Lipinski definition) is 2. The Morgan fingerprint density at radius 1 is 1.12 bits per heavy atom. The van der Waals surface area contributed by atoms with Crippen molar-refractivity contribution in [2.24, 2.45) is 10.7 Å². The number of rotatable bonds is 8. The van der Waals surface area contributed by atoms with Crippen molar-refractivity contribution in [2.45, 2.75) is 19.9 Å². The lowest BCUT2D eigenvalue weighted by Crippen LogP contribution is -2.40. The summed E-state index contributed by atoms with van der Waals surface area (Å²) in [6.45, 7) is 3.43. The zero-order valence-corrected chi connectivity index (χ0v) is 23.6. The lowest BCUT2D eigenvalue weighted by Gasteiger charge is -2.24. The highest BCUT2D eigenvalue weighted by atomic mass is 32.1. The molecule has 5 rings (SSSR count). The Bertz CT molecular complexity index is 1820. The lowest BCUT2D eigenvalue weighted by atomic mass is 10.0. The zero-order chi connectivity index (χ0) is 28.4. The highest BCUT2D eigenvalue weighted by molar-refractivity contribution is 7.10. The summed E-state index contributed by atoms with van der Waals surface area (Å²) in [7, 11) is 1.48. The third-order valence-corrected chi connectivity index (χ3v) is 8.24. The molecule has 1 unspecified atom stereocenters. The van der Waals surface area contributed by atoms with Crippen LogP contribution < -0.4 is 35.4 Å². The third kappa shape index (κ3) is 5.33. The van der Waals surface area contributed by atoms with Gasteiger partial charge >= 0.3 is 0 Å². The number of carbonyl (C=O) groups is 2. The van der Waals surface area contributed by atoms with Crippen LogP contribution in [0, 0.1) is 6.92 Å². The Morgan fingerprint density at radius 3 is 2.62 bits per heavy atom. The fourth-order valence-corrected chi connectivity index (χ4v) is 6.29. The fraction of sp³-hybridized carbons (Fsp3) is 0.172. The van der Waals surface area contributed by atoms with E-state index in [1.165, 1.54) is 29.8 Å². The molecule has 4 aromatic rings. The van der Waals surface area contributed by atoms with Gasteiger partial charge in [0.15, 0.2) is 22.9 Å². The minimum Gasteiger partial charge on any atom is -0.493 e. The topological polar surface area (TPSA) is 125 Å². The first-order valence-electron chi connectivity index (χ1n) is 12.3. The van der Waals surface area contributed by atoms with Gasteiger partial charge in [-0.2, -0.15) is 0 Å². The number of amides is 2. The molecular weight excluding hydrogens is 548 g/mol. The molecule has 1 aliphatic heterocycles. The summed E-state index contributed by atoms with van der Waals surface area (Å²) in [4.78, 5) is 44.6. The summed E-state index contributed by atoms with van der Waals surface area (Å²) in [6.07, 6.45) is 1.74. The van der Waals surface area contributed by atoms with Gasteiger partial charge in [0.2, 0.25) is 0 Å². The molecule has 0 radical (unpaired) electrons. The number of methoxy groups -OCH3 is 1. The van der Waals surface area contributed by atoms with Gasteiger partial charge in [-0.1, -0.05) is 41.7 Å². The number of nitrogens with zero attached hydrogens (tertiary/aromatic N) is 2. The molecule has 2 aromatic carbocycles. The standard InChI is InChI=1S/C29H26N4O5S2/c1-16-7-4-5-8-19(16)32-27(35)25-17(2)31-29-33(26(25)22-9-6-12-39-22)28(36)23(40-29)14-18-10-11-20(21(13-18)37-3)38-15-24(30)34/h4-14,26H,15H2,1-3H3,(H2,30,34)(H,32,35)/b23-14+. The van der Waals surface area contributed by atoms with Crippen LogP contribution in [-0.4, -0.2) is 30.1 Å². The molecule has 0 bridgehead atoms. The third-order valence-electron chi connectivity index (χ3n) is 6.33. The van der Waals surface area contributed by atoms with Gasteiger partial charge < -0.3 is 20.5 Å². The largest absolute Gasteiger partial charge is 0.493 e. The molecular formula is C29H26N4O5S2. The summed E-state index contributed by atoms with van der Waals surface area (Å²) < 4.78 is 12.8. The SMILES string of the molecule is COc1cc(/C=c2/sc3n(c2=O)C(c2cccs2)C(C(=O)Nc2ccccc2C)=C(C)N=3)ccc1OCC(N)=O. The molecule has 204 valence electrons. The van der Waals surface area contributed by atoms with E-state index in [9.17, 15) is 14.4 Å². The number of carbonyl (C=O) groups excluding carboxylic acids is 2. The van der Waals surface area contributed by atoms with E-state index >= 15 is 0 Å². The van der Waals surface area contributed by atoms with E-state index in [0.717, 1.165) is 10.4 Å². The first-order chi connectivity index (χ1) is 19.3. The van der Waals surface area contributed by atoms with E-state index < -0.39 is 11.9 Å². The molecule has 2 aromatic heterocycles. The van der Waals surface area contributed by atoms with Crippen LogP contribution in [0.2, 0.25) is 0 Å². The maximum Gasteiger partial charge on any atom is 0.271 e. The number of aryl methyl sites for hydroxylation is 1. The Kier molecular flexibility index (Phi) is 7.67. The van der Waals surface area contributed by atoms with Crippen molar-refractivity contribution in [3.8, 4) is 11.5 Å². The molecule has 0 fully saturated rings. The molecule has 3 N–H and O–H groups in total. The molecule has 0 saturated carbocycles. The number of fused-ring (bicyclic) bond motifs is 1. The minimum atomic E-state index is -0.624. The summed E-state index contributed by atoms with van der Waals surface area (Å²) in [5.41, 5.74) is 8.21. The number of nitrogens with two attached hydrogens (primary N) is 1. The van der Waals surface area contributed by atoms with Crippen LogP contribution >= 0.6 is 22.7 Å². The Labute approximate surface area is 237 Å². The number of hydrogen-bond acceptors (Lipinski definition) is 8. The molecule has 0 aliphatic carbocycles. The second kappa shape index (κ2) is 11.3. The molecule has 1 aliphatic rings. The van der Waals surface area contributed by atoms with Crippen molar-refractivity contribution in [3.63, 3.8) is 0 Å².